The molecule has 1 atom stereocenters. The maximum absolute atomic E-state index is 12.9. The van der Waals surface area contributed by atoms with Gasteiger partial charge in [-0.1, -0.05) is 23.7 Å². The second kappa shape index (κ2) is 9.45. The lowest BCUT2D eigenvalue weighted by Crippen LogP contribution is -2.32. The second-order valence-corrected chi connectivity index (χ2v) is 9.51. The van der Waals surface area contributed by atoms with Crippen molar-refractivity contribution in [2.24, 2.45) is 0 Å². The molecule has 1 unspecified atom stereocenters. The summed E-state index contributed by atoms with van der Waals surface area (Å²) in [6.45, 7) is 1.37. The zero-order chi connectivity index (χ0) is 22.7. The van der Waals surface area contributed by atoms with Crippen LogP contribution in [0.25, 0.3) is 0 Å². The molecule has 2 fully saturated rings. The molecule has 2 aromatic rings. The molecule has 0 aromatic heterocycles. The van der Waals surface area contributed by atoms with Crippen LogP contribution in [-0.2, 0) is 19.5 Å². The molecule has 2 aliphatic heterocycles. The van der Waals surface area contributed by atoms with E-state index in [1.54, 1.807) is 24.3 Å². The number of amides is 2. The summed E-state index contributed by atoms with van der Waals surface area (Å²) in [6, 6.07) is 10.8. The lowest BCUT2D eigenvalue weighted by molar-refractivity contribution is 0.102. The largest absolute Gasteiger partial charge is 0.447 e. The number of anilines is 2. The minimum atomic E-state index is -3.95. The minimum absolute atomic E-state index is 0.00148. The number of nitrogens with one attached hydrogen (secondary N) is 2. The van der Waals surface area contributed by atoms with Crippen molar-refractivity contribution >= 4 is 45.0 Å². The van der Waals surface area contributed by atoms with Gasteiger partial charge in [0.1, 0.15) is 11.5 Å². The van der Waals surface area contributed by atoms with Crippen LogP contribution in [-0.4, -0.2) is 52.8 Å². The normalized spacial score (nSPS) is 18.6. The zero-order valence-corrected chi connectivity index (χ0v) is 18.6. The summed E-state index contributed by atoms with van der Waals surface area (Å²) in [5.41, 5.74) is 0.987. The van der Waals surface area contributed by atoms with Crippen molar-refractivity contribution < 1.29 is 27.5 Å². The summed E-state index contributed by atoms with van der Waals surface area (Å²) < 4.78 is 38.4. The Bertz CT molecular complexity index is 1130. The Balaban J connectivity index is 1.53. The van der Waals surface area contributed by atoms with Crippen molar-refractivity contribution in [3.63, 3.8) is 0 Å². The third-order valence-corrected chi connectivity index (χ3v) is 7.12. The number of benzene rings is 2. The highest BCUT2D eigenvalue weighted by Gasteiger charge is 2.27. The van der Waals surface area contributed by atoms with E-state index in [4.69, 9.17) is 21.1 Å². The van der Waals surface area contributed by atoms with Crippen LogP contribution in [0.2, 0.25) is 5.02 Å². The van der Waals surface area contributed by atoms with Crippen LogP contribution in [0.15, 0.2) is 47.4 Å². The van der Waals surface area contributed by atoms with E-state index in [1.165, 1.54) is 23.1 Å². The summed E-state index contributed by atoms with van der Waals surface area (Å²) in [6.07, 6.45) is 0.995. The van der Waals surface area contributed by atoms with Gasteiger partial charge in [0.15, 0.2) is 0 Å². The first-order valence-electron chi connectivity index (χ1n) is 10.1. The van der Waals surface area contributed by atoms with Crippen molar-refractivity contribution in [3.05, 3.63) is 53.1 Å². The topological polar surface area (TPSA) is 114 Å². The summed E-state index contributed by atoms with van der Waals surface area (Å²) >= 11 is 6.13. The molecule has 2 saturated heterocycles. The quantitative estimate of drug-likeness (QED) is 0.631. The van der Waals surface area contributed by atoms with E-state index >= 15 is 0 Å². The van der Waals surface area contributed by atoms with Crippen molar-refractivity contribution in [2.75, 3.05) is 36.5 Å². The predicted octanol–water partition coefficient (Wildman–Crippen LogP) is 3.01. The molecule has 2 aromatic carbocycles. The van der Waals surface area contributed by atoms with Gasteiger partial charge >= 0.3 is 6.09 Å². The third-order valence-electron chi connectivity index (χ3n) is 5.21. The van der Waals surface area contributed by atoms with Gasteiger partial charge in [-0.05, 0) is 43.2 Å². The van der Waals surface area contributed by atoms with E-state index in [1.807, 2.05) is 0 Å². The summed E-state index contributed by atoms with van der Waals surface area (Å²) in [5.74, 6) is -0.544. The SMILES string of the molecule is O=C(Nc1ccccc1N1CCOC1=O)c1ccc(Cl)c(S(=O)(=O)NCC2CCCO2)c1. The summed E-state index contributed by atoms with van der Waals surface area (Å²) in [5, 5.41) is 2.73. The van der Waals surface area contributed by atoms with Gasteiger partial charge < -0.3 is 14.8 Å². The van der Waals surface area contributed by atoms with Gasteiger partial charge in [-0.3, -0.25) is 9.69 Å². The number of hydrogen-bond acceptors (Lipinski definition) is 6. The number of sulfonamides is 1. The Morgan fingerprint density at radius 2 is 2.00 bits per heavy atom. The number of carbonyl (C=O) groups excluding carboxylic acids is 2. The van der Waals surface area contributed by atoms with Gasteiger partial charge in [0.2, 0.25) is 10.0 Å². The van der Waals surface area contributed by atoms with E-state index in [2.05, 4.69) is 10.0 Å². The molecule has 4 rings (SSSR count). The molecule has 32 heavy (non-hydrogen) atoms. The monoisotopic (exact) mass is 479 g/mol. The smallest absolute Gasteiger partial charge is 0.414 e. The number of carbonyl (C=O) groups is 2. The average Bonchev–Trinajstić information content (AvgIpc) is 3.44. The number of halogens is 1. The van der Waals surface area contributed by atoms with E-state index in [0.717, 1.165) is 12.8 Å². The average molecular weight is 480 g/mol. The molecule has 0 bridgehead atoms. The molecule has 11 heteroatoms. The van der Waals surface area contributed by atoms with Crippen LogP contribution in [0.3, 0.4) is 0 Å². The number of ether oxygens (including phenoxy) is 2. The van der Waals surface area contributed by atoms with Crippen molar-refractivity contribution in [1.82, 2.24) is 4.72 Å². The first kappa shape index (κ1) is 22.5. The van der Waals surface area contributed by atoms with Crippen LogP contribution in [0.4, 0.5) is 16.2 Å². The molecule has 0 aliphatic carbocycles. The van der Waals surface area contributed by atoms with Gasteiger partial charge in [-0.15, -0.1) is 0 Å². The van der Waals surface area contributed by atoms with Gasteiger partial charge in [-0.25, -0.2) is 17.9 Å². The molecule has 2 aliphatic rings. The number of para-hydroxylation sites is 2. The molecule has 0 saturated carbocycles. The van der Waals surface area contributed by atoms with Crippen LogP contribution in [0, 0.1) is 0 Å². The third kappa shape index (κ3) is 4.88. The fourth-order valence-electron chi connectivity index (χ4n) is 3.56. The molecule has 0 spiro atoms. The Labute approximate surface area is 190 Å². The zero-order valence-electron chi connectivity index (χ0n) is 17.0. The maximum atomic E-state index is 12.9. The lowest BCUT2D eigenvalue weighted by Gasteiger charge is -2.18. The maximum Gasteiger partial charge on any atom is 0.414 e. The highest BCUT2D eigenvalue weighted by molar-refractivity contribution is 7.89. The van der Waals surface area contributed by atoms with Gasteiger partial charge in [0.25, 0.3) is 5.91 Å². The Kier molecular flexibility index (Phi) is 6.66. The van der Waals surface area contributed by atoms with Crippen LogP contribution in [0.1, 0.15) is 23.2 Å². The van der Waals surface area contributed by atoms with Crippen molar-refractivity contribution in [3.8, 4) is 0 Å². The van der Waals surface area contributed by atoms with Gasteiger partial charge in [0, 0.05) is 18.7 Å². The molecule has 2 heterocycles. The van der Waals surface area contributed by atoms with E-state index in [0.29, 0.717) is 24.5 Å². The van der Waals surface area contributed by atoms with Crippen LogP contribution in [0.5, 0.6) is 0 Å². The first-order valence-corrected chi connectivity index (χ1v) is 12.0. The molecule has 2 N–H and O–H groups in total. The highest BCUT2D eigenvalue weighted by Crippen LogP contribution is 2.29. The van der Waals surface area contributed by atoms with E-state index in [-0.39, 0.29) is 34.7 Å². The fraction of sp³-hybridized carbons (Fsp3) is 0.333. The van der Waals surface area contributed by atoms with Crippen LogP contribution >= 0.6 is 11.6 Å². The first-order chi connectivity index (χ1) is 15.3. The van der Waals surface area contributed by atoms with E-state index in [9.17, 15) is 18.0 Å². The number of rotatable bonds is 7. The Morgan fingerprint density at radius 1 is 1.19 bits per heavy atom. The highest BCUT2D eigenvalue weighted by atomic mass is 35.5. The Hall–Kier alpha value is -2.66. The molecular formula is C21H22ClN3O6S. The fourth-order valence-corrected chi connectivity index (χ4v) is 5.15. The summed E-state index contributed by atoms with van der Waals surface area (Å²) in [4.78, 5) is 26.0. The standard InChI is InChI=1S/C21H22ClN3O6S/c22-16-8-7-14(12-19(16)32(28,29)23-13-15-4-3-10-30-15)20(26)24-17-5-1-2-6-18(17)25-9-11-31-21(25)27/h1-2,5-8,12,15,23H,3-4,9-11,13H2,(H,24,26). The molecule has 170 valence electrons. The number of nitrogens with zero attached hydrogens (tertiary/aromatic N) is 1. The second-order valence-electron chi connectivity index (χ2n) is 7.37. The molecule has 0 radical (unpaired) electrons. The molecular weight excluding hydrogens is 458 g/mol. The minimum Gasteiger partial charge on any atom is -0.447 e. The van der Waals surface area contributed by atoms with Gasteiger partial charge in [0.05, 0.1) is 29.0 Å². The molecule has 2 amide bonds. The predicted molar refractivity (Wildman–Crippen MR) is 119 cm³/mol. The van der Waals surface area contributed by atoms with E-state index < -0.39 is 22.0 Å². The number of hydrogen-bond donors (Lipinski definition) is 2. The Morgan fingerprint density at radius 3 is 2.72 bits per heavy atom. The van der Waals surface area contributed by atoms with Gasteiger partial charge in [-0.2, -0.15) is 0 Å². The molecule has 9 nitrogen and oxygen atoms in total. The van der Waals surface area contributed by atoms with Crippen molar-refractivity contribution in [2.45, 2.75) is 23.8 Å². The lowest BCUT2D eigenvalue weighted by atomic mass is 10.2. The van der Waals surface area contributed by atoms with Crippen molar-refractivity contribution in [1.29, 1.82) is 0 Å². The summed E-state index contributed by atoms with van der Waals surface area (Å²) in [7, 11) is -3.95. The van der Waals surface area contributed by atoms with Crippen LogP contribution < -0.4 is 14.9 Å². The number of cyclic esters (lactones) is 1.